The van der Waals surface area contributed by atoms with Gasteiger partial charge in [-0.25, -0.2) is 0 Å². The molecule has 0 aromatic rings. The fourth-order valence-electron chi connectivity index (χ4n) is 3.07. The Morgan fingerprint density at radius 1 is 1.29 bits per heavy atom. The average Bonchev–Trinajstić information content (AvgIpc) is 2.83. The van der Waals surface area contributed by atoms with Crippen LogP contribution in [0.3, 0.4) is 0 Å². The highest BCUT2D eigenvalue weighted by atomic mass is 16.2. The molecule has 1 N–H and O–H groups in total. The number of piperidine rings is 1. The monoisotopic (exact) mass is 295 g/mol. The molecule has 2 aliphatic heterocycles. The Labute approximate surface area is 125 Å². The lowest BCUT2D eigenvalue weighted by Crippen LogP contribution is -2.47. The van der Waals surface area contributed by atoms with Crippen LogP contribution in [0, 0.1) is 11.8 Å². The second-order valence-electron chi connectivity index (χ2n) is 6.09. The Morgan fingerprint density at radius 3 is 2.67 bits per heavy atom. The number of likely N-dealkylation sites (tertiary alicyclic amines) is 2. The van der Waals surface area contributed by atoms with Crippen LogP contribution in [-0.4, -0.2) is 60.7 Å². The fraction of sp³-hybridized carbons (Fsp3) is 0.800. The lowest BCUT2D eigenvalue weighted by Gasteiger charge is -2.33. The van der Waals surface area contributed by atoms with Crippen molar-refractivity contribution >= 4 is 17.7 Å². The molecule has 0 bridgehead atoms. The van der Waals surface area contributed by atoms with Crippen molar-refractivity contribution in [2.45, 2.75) is 32.6 Å². The third-order valence-electron chi connectivity index (χ3n) is 4.34. The summed E-state index contributed by atoms with van der Waals surface area (Å²) in [7, 11) is 1.73. The van der Waals surface area contributed by atoms with Gasteiger partial charge in [0.05, 0.1) is 11.8 Å². The van der Waals surface area contributed by atoms with E-state index in [1.54, 1.807) is 16.8 Å². The average molecular weight is 295 g/mol. The summed E-state index contributed by atoms with van der Waals surface area (Å²) in [6, 6.07) is 0. The molecule has 6 heteroatoms. The number of rotatable bonds is 4. The molecule has 2 unspecified atom stereocenters. The normalized spacial score (nSPS) is 26.1. The van der Waals surface area contributed by atoms with E-state index in [1.165, 1.54) is 0 Å². The number of hydrogen-bond donors (Lipinski definition) is 1. The number of carbonyl (C=O) groups excluding carboxylic acids is 3. The van der Waals surface area contributed by atoms with Crippen molar-refractivity contribution in [1.82, 2.24) is 15.1 Å². The molecule has 0 saturated carbocycles. The molecule has 0 radical (unpaired) electrons. The zero-order valence-corrected chi connectivity index (χ0v) is 12.9. The van der Waals surface area contributed by atoms with Crippen LogP contribution in [0.5, 0.6) is 0 Å². The van der Waals surface area contributed by atoms with Gasteiger partial charge >= 0.3 is 0 Å². The van der Waals surface area contributed by atoms with Crippen molar-refractivity contribution < 1.29 is 14.4 Å². The molecule has 118 valence electrons. The van der Waals surface area contributed by atoms with E-state index in [-0.39, 0.29) is 29.6 Å². The Bertz CT molecular complexity index is 424. The Morgan fingerprint density at radius 2 is 2.05 bits per heavy atom. The Kier molecular flexibility index (Phi) is 5.20. The molecule has 2 aliphatic rings. The lowest BCUT2D eigenvalue weighted by atomic mass is 9.95. The maximum Gasteiger partial charge on any atom is 0.228 e. The van der Waals surface area contributed by atoms with Crippen LogP contribution >= 0.6 is 0 Å². The van der Waals surface area contributed by atoms with E-state index >= 15 is 0 Å². The molecule has 2 rings (SSSR count). The molecule has 0 aromatic heterocycles. The third-order valence-corrected chi connectivity index (χ3v) is 4.34. The minimum absolute atomic E-state index is 0.0284. The van der Waals surface area contributed by atoms with Gasteiger partial charge in [0, 0.05) is 39.6 Å². The van der Waals surface area contributed by atoms with Crippen LogP contribution in [0.2, 0.25) is 0 Å². The third kappa shape index (κ3) is 3.74. The van der Waals surface area contributed by atoms with Crippen molar-refractivity contribution in [1.29, 1.82) is 0 Å². The van der Waals surface area contributed by atoms with Crippen LogP contribution in [0.4, 0.5) is 0 Å². The molecule has 2 heterocycles. The first-order valence-electron chi connectivity index (χ1n) is 7.83. The van der Waals surface area contributed by atoms with Gasteiger partial charge in [-0.1, -0.05) is 6.92 Å². The van der Waals surface area contributed by atoms with Gasteiger partial charge in [-0.15, -0.1) is 0 Å². The summed E-state index contributed by atoms with van der Waals surface area (Å²) in [6.07, 6.45) is 2.91. The van der Waals surface area contributed by atoms with E-state index < -0.39 is 0 Å². The maximum atomic E-state index is 12.5. The molecule has 0 spiro atoms. The topological polar surface area (TPSA) is 69.7 Å². The minimum Gasteiger partial charge on any atom is -0.356 e. The summed E-state index contributed by atoms with van der Waals surface area (Å²) in [5.74, 6) is -0.235. The van der Waals surface area contributed by atoms with Gasteiger partial charge in [0.15, 0.2) is 0 Å². The quantitative estimate of drug-likeness (QED) is 0.807. The lowest BCUT2D eigenvalue weighted by molar-refractivity contribution is -0.139. The number of nitrogens with one attached hydrogen (secondary N) is 1. The van der Waals surface area contributed by atoms with Gasteiger partial charge in [0.25, 0.3) is 0 Å². The van der Waals surface area contributed by atoms with Gasteiger partial charge < -0.3 is 15.1 Å². The van der Waals surface area contributed by atoms with E-state index in [0.717, 1.165) is 19.3 Å². The molecule has 2 fully saturated rings. The largest absolute Gasteiger partial charge is 0.356 e. The second kappa shape index (κ2) is 6.91. The summed E-state index contributed by atoms with van der Waals surface area (Å²) in [6.45, 7) is 4.39. The molecule has 21 heavy (non-hydrogen) atoms. The van der Waals surface area contributed by atoms with Crippen molar-refractivity contribution in [3.8, 4) is 0 Å². The number of carbonyl (C=O) groups is 3. The van der Waals surface area contributed by atoms with E-state index in [2.05, 4.69) is 5.32 Å². The zero-order valence-electron chi connectivity index (χ0n) is 12.9. The van der Waals surface area contributed by atoms with Crippen LogP contribution < -0.4 is 5.32 Å². The predicted molar refractivity (Wildman–Crippen MR) is 78.3 cm³/mol. The van der Waals surface area contributed by atoms with Crippen molar-refractivity contribution in [2.75, 3.05) is 33.2 Å². The molecule has 6 nitrogen and oxygen atoms in total. The van der Waals surface area contributed by atoms with Gasteiger partial charge in [-0.05, 0) is 19.3 Å². The van der Waals surface area contributed by atoms with Crippen LogP contribution in [0.15, 0.2) is 0 Å². The SMILES string of the molecule is CCCNC(=O)C1CCCN(C(=O)C2CC(=O)N(C)C2)C1. The molecule has 0 aromatic carbocycles. The first-order chi connectivity index (χ1) is 10.0. The van der Waals surface area contributed by atoms with Crippen molar-refractivity contribution in [3.05, 3.63) is 0 Å². The first-order valence-corrected chi connectivity index (χ1v) is 7.83. The van der Waals surface area contributed by atoms with Gasteiger partial charge in [0.2, 0.25) is 17.7 Å². The number of nitrogens with zero attached hydrogens (tertiary/aromatic N) is 2. The predicted octanol–water partition coefficient (Wildman–Crippen LogP) is 0.230. The van der Waals surface area contributed by atoms with Crippen LogP contribution in [-0.2, 0) is 14.4 Å². The summed E-state index contributed by atoms with van der Waals surface area (Å²) in [4.78, 5) is 39.5. The molecule has 2 saturated heterocycles. The fourth-order valence-corrected chi connectivity index (χ4v) is 3.07. The Hall–Kier alpha value is -1.59. The summed E-state index contributed by atoms with van der Waals surface area (Å²) in [5, 5.41) is 2.91. The molecule has 3 amide bonds. The molecular weight excluding hydrogens is 270 g/mol. The highest BCUT2D eigenvalue weighted by Gasteiger charge is 2.37. The highest BCUT2D eigenvalue weighted by Crippen LogP contribution is 2.23. The standard InChI is InChI=1S/C15H25N3O3/c1-3-6-16-14(20)11-5-4-7-18(10-11)15(21)12-8-13(19)17(2)9-12/h11-12H,3-10H2,1-2H3,(H,16,20). The molecule has 2 atom stereocenters. The summed E-state index contributed by atoms with van der Waals surface area (Å²) >= 11 is 0. The van der Waals surface area contributed by atoms with Crippen molar-refractivity contribution in [2.24, 2.45) is 11.8 Å². The van der Waals surface area contributed by atoms with Gasteiger partial charge in [-0.3, -0.25) is 14.4 Å². The smallest absolute Gasteiger partial charge is 0.228 e. The second-order valence-corrected chi connectivity index (χ2v) is 6.09. The highest BCUT2D eigenvalue weighted by molar-refractivity contribution is 5.89. The van der Waals surface area contributed by atoms with E-state index in [9.17, 15) is 14.4 Å². The van der Waals surface area contributed by atoms with Crippen LogP contribution in [0.25, 0.3) is 0 Å². The number of amides is 3. The molecular formula is C15H25N3O3. The van der Waals surface area contributed by atoms with Crippen LogP contribution in [0.1, 0.15) is 32.6 Å². The van der Waals surface area contributed by atoms with Gasteiger partial charge in [0.1, 0.15) is 0 Å². The zero-order chi connectivity index (χ0) is 15.4. The first kappa shape index (κ1) is 15.8. The van der Waals surface area contributed by atoms with Gasteiger partial charge in [-0.2, -0.15) is 0 Å². The number of hydrogen-bond acceptors (Lipinski definition) is 3. The molecule has 0 aliphatic carbocycles. The maximum absolute atomic E-state index is 12.5. The van der Waals surface area contributed by atoms with E-state index in [1.807, 2.05) is 6.92 Å². The Balaban J connectivity index is 1.90. The minimum atomic E-state index is -0.236. The summed E-state index contributed by atoms with van der Waals surface area (Å²) in [5.41, 5.74) is 0. The van der Waals surface area contributed by atoms with E-state index in [0.29, 0.717) is 32.6 Å². The van der Waals surface area contributed by atoms with E-state index in [4.69, 9.17) is 0 Å². The van der Waals surface area contributed by atoms with Crippen molar-refractivity contribution in [3.63, 3.8) is 0 Å². The summed E-state index contributed by atoms with van der Waals surface area (Å²) < 4.78 is 0.